The summed E-state index contributed by atoms with van der Waals surface area (Å²) in [5.74, 6) is -0.442. The number of piperidine rings is 1. The van der Waals surface area contributed by atoms with E-state index < -0.39 is 12.3 Å². The molecule has 1 aromatic carbocycles. The molecule has 3 rings (SSSR count). The van der Waals surface area contributed by atoms with E-state index in [4.69, 9.17) is 24.9 Å². The average Bonchev–Trinajstić information content (AvgIpc) is 3.39. The quantitative estimate of drug-likeness (QED) is 0.178. The number of rotatable bonds is 12. The smallest absolute Gasteiger partial charge is 0.435 e. The van der Waals surface area contributed by atoms with Gasteiger partial charge in [0.25, 0.3) is 0 Å². The molecule has 212 valence electrons. The van der Waals surface area contributed by atoms with Crippen molar-refractivity contribution in [2.75, 3.05) is 44.3 Å². The number of aliphatic imine (C=N–C) groups is 1. The summed E-state index contributed by atoms with van der Waals surface area (Å²) in [5, 5.41) is 2.83. The fourth-order valence-corrected chi connectivity index (χ4v) is 5.18. The lowest BCUT2D eigenvalue weighted by molar-refractivity contribution is -0.145. The van der Waals surface area contributed by atoms with Crippen molar-refractivity contribution in [2.24, 2.45) is 10.7 Å². The molecule has 2 heterocycles. The first-order valence-electron chi connectivity index (χ1n) is 13.2. The molecule has 1 unspecified atom stereocenters. The molecule has 2 N–H and O–H groups in total. The van der Waals surface area contributed by atoms with E-state index in [0.29, 0.717) is 26.3 Å². The molecule has 0 bridgehead atoms. The number of amides is 1. The fraction of sp³-hybridized carbons (Fsp3) is 0.519. The first kappa shape index (κ1) is 30.2. The van der Waals surface area contributed by atoms with Gasteiger partial charge in [0, 0.05) is 42.8 Å². The number of hydrogen-bond donors (Lipinski definition) is 1. The first-order chi connectivity index (χ1) is 18.8. The number of benzene rings is 1. The van der Waals surface area contributed by atoms with E-state index in [1.807, 2.05) is 29.6 Å². The maximum Gasteiger partial charge on any atom is 0.435 e. The molecule has 0 radical (unpaired) electrons. The second kappa shape index (κ2) is 15.3. The summed E-state index contributed by atoms with van der Waals surface area (Å²) in [7, 11) is 0. The maximum absolute atomic E-state index is 12.1. The predicted molar refractivity (Wildman–Crippen MR) is 150 cm³/mol. The van der Waals surface area contributed by atoms with Crippen molar-refractivity contribution in [1.29, 1.82) is 0 Å². The molecule has 1 atom stereocenters. The Kier molecular flexibility index (Phi) is 11.8. The number of carbonyl (C=O) groups excluding carboxylic acids is 3. The zero-order chi connectivity index (χ0) is 28.2. The van der Waals surface area contributed by atoms with Crippen molar-refractivity contribution in [2.45, 2.75) is 52.3 Å². The standard InChI is InChI=1S/C27H37N5O6S/c1-4-36-24(33)12-15-32(22-10-13-31(14-11-22)17-25(34)37-5-2)26-30-23(18-39-26)21-8-6-20(7-9-21)16-29-27(35)38-19(3)28/h6-9,16,18-19,22H,4-5,10-15,17,28H2,1-3H3. The lowest BCUT2D eigenvalue weighted by Crippen LogP contribution is -2.47. The van der Waals surface area contributed by atoms with Gasteiger partial charge in [0.2, 0.25) is 0 Å². The molecule has 1 aliphatic rings. The van der Waals surface area contributed by atoms with Crippen molar-refractivity contribution in [3.8, 4) is 11.3 Å². The number of hydrogen-bond acceptors (Lipinski definition) is 11. The second-order valence-electron chi connectivity index (χ2n) is 9.05. The number of likely N-dealkylation sites (tertiary alicyclic amines) is 1. The monoisotopic (exact) mass is 559 g/mol. The first-order valence-corrected chi connectivity index (χ1v) is 14.0. The second-order valence-corrected chi connectivity index (χ2v) is 9.88. The van der Waals surface area contributed by atoms with Gasteiger partial charge in [-0.2, -0.15) is 4.99 Å². The topological polar surface area (TPSA) is 137 Å². The molecule has 12 heteroatoms. The Labute approximate surface area is 232 Å². The van der Waals surface area contributed by atoms with Crippen LogP contribution in [0.1, 0.15) is 45.6 Å². The van der Waals surface area contributed by atoms with Crippen LogP contribution in [0, 0.1) is 0 Å². The maximum atomic E-state index is 12.1. The van der Waals surface area contributed by atoms with Gasteiger partial charge in [0.05, 0.1) is 31.9 Å². The Morgan fingerprint density at radius 3 is 2.46 bits per heavy atom. The summed E-state index contributed by atoms with van der Waals surface area (Å²) in [6.45, 7) is 8.20. The summed E-state index contributed by atoms with van der Waals surface area (Å²) < 4.78 is 15.0. The summed E-state index contributed by atoms with van der Waals surface area (Å²) >= 11 is 1.53. The molecule has 1 fully saturated rings. The van der Waals surface area contributed by atoms with Crippen molar-refractivity contribution >= 4 is 40.7 Å². The SMILES string of the molecule is CCOC(=O)CCN(c1nc(-c2ccc(C=NC(=O)OC(C)N)cc2)cs1)C1CCN(CC(=O)OCC)CC1. The molecule has 11 nitrogen and oxygen atoms in total. The average molecular weight is 560 g/mol. The Hall–Kier alpha value is -3.35. The van der Waals surface area contributed by atoms with E-state index in [2.05, 4.69) is 14.8 Å². The normalized spacial score (nSPS) is 15.2. The van der Waals surface area contributed by atoms with Crippen molar-refractivity contribution in [3.63, 3.8) is 0 Å². The number of nitrogens with two attached hydrogens (primary N) is 1. The molecule has 1 aromatic heterocycles. The molecule has 2 aromatic rings. The summed E-state index contributed by atoms with van der Waals surface area (Å²) in [6.07, 6.45) is 1.92. The molecule has 39 heavy (non-hydrogen) atoms. The molecule has 0 saturated carbocycles. The van der Waals surface area contributed by atoms with Crippen LogP contribution >= 0.6 is 11.3 Å². The lowest BCUT2D eigenvalue weighted by atomic mass is 10.0. The summed E-state index contributed by atoms with van der Waals surface area (Å²) in [4.78, 5) is 48.5. The minimum Gasteiger partial charge on any atom is -0.466 e. The van der Waals surface area contributed by atoms with E-state index in [9.17, 15) is 14.4 Å². The number of thiazole rings is 1. The van der Waals surface area contributed by atoms with Crippen LogP contribution < -0.4 is 10.6 Å². The van der Waals surface area contributed by atoms with Crippen molar-refractivity contribution in [3.05, 3.63) is 35.2 Å². The van der Waals surface area contributed by atoms with E-state index >= 15 is 0 Å². The van der Waals surface area contributed by atoms with Crippen LogP contribution in [-0.2, 0) is 23.8 Å². The van der Waals surface area contributed by atoms with Gasteiger partial charge in [-0.25, -0.2) is 9.78 Å². The third kappa shape index (κ3) is 9.72. The molecule has 1 amide bonds. The van der Waals surface area contributed by atoms with E-state index in [1.165, 1.54) is 17.6 Å². The van der Waals surface area contributed by atoms with Gasteiger partial charge in [-0.1, -0.05) is 24.3 Å². The Morgan fingerprint density at radius 2 is 1.82 bits per heavy atom. The fourth-order valence-electron chi connectivity index (χ4n) is 4.24. The molecular formula is C27H37N5O6S. The van der Waals surface area contributed by atoms with E-state index in [1.54, 1.807) is 20.8 Å². The Morgan fingerprint density at radius 1 is 1.15 bits per heavy atom. The van der Waals surface area contributed by atoms with Crippen LogP contribution in [0.15, 0.2) is 34.6 Å². The van der Waals surface area contributed by atoms with Gasteiger partial charge in [0.1, 0.15) is 6.23 Å². The van der Waals surface area contributed by atoms with Crippen LogP contribution in [0.5, 0.6) is 0 Å². The number of nitrogens with zero attached hydrogens (tertiary/aromatic N) is 4. The highest BCUT2D eigenvalue weighted by atomic mass is 32.1. The number of esters is 2. The van der Waals surface area contributed by atoms with Crippen LogP contribution in [-0.4, -0.2) is 85.8 Å². The Balaban J connectivity index is 1.69. The van der Waals surface area contributed by atoms with Gasteiger partial charge in [-0.3, -0.25) is 20.2 Å². The molecule has 1 saturated heterocycles. The highest BCUT2D eigenvalue weighted by Crippen LogP contribution is 2.31. The zero-order valence-electron chi connectivity index (χ0n) is 22.7. The van der Waals surface area contributed by atoms with Crippen LogP contribution in [0.25, 0.3) is 11.3 Å². The minimum atomic E-state index is -0.743. The molecule has 0 spiro atoms. The number of ether oxygens (including phenoxy) is 3. The van der Waals surface area contributed by atoms with Gasteiger partial charge in [-0.15, -0.1) is 11.3 Å². The van der Waals surface area contributed by atoms with E-state index in [-0.39, 0.29) is 24.4 Å². The zero-order valence-corrected chi connectivity index (χ0v) is 23.5. The van der Waals surface area contributed by atoms with Crippen molar-refractivity contribution < 1.29 is 28.6 Å². The molecule has 1 aliphatic heterocycles. The van der Waals surface area contributed by atoms with Crippen LogP contribution in [0.4, 0.5) is 9.93 Å². The van der Waals surface area contributed by atoms with E-state index in [0.717, 1.165) is 47.9 Å². The van der Waals surface area contributed by atoms with Crippen molar-refractivity contribution in [1.82, 2.24) is 9.88 Å². The minimum absolute atomic E-state index is 0.187. The highest BCUT2D eigenvalue weighted by molar-refractivity contribution is 7.14. The van der Waals surface area contributed by atoms with Gasteiger partial charge in [0.15, 0.2) is 5.13 Å². The number of aromatic nitrogens is 1. The summed E-state index contributed by atoms with van der Waals surface area (Å²) in [6, 6.07) is 7.69. The highest BCUT2D eigenvalue weighted by Gasteiger charge is 2.28. The third-order valence-corrected chi connectivity index (χ3v) is 6.95. The molecule has 0 aliphatic carbocycles. The predicted octanol–water partition coefficient (Wildman–Crippen LogP) is 3.46. The largest absolute Gasteiger partial charge is 0.466 e. The third-order valence-electron chi connectivity index (χ3n) is 6.07. The summed E-state index contributed by atoms with van der Waals surface area (Å²) in [5.41, 5.74) is 7.90. The van der Waals surface area contributed by atoms with Crippen LogP contribution in [0.2, 0.25) is 0 Å². The van der Waals surface area contributed by atoms with Gasteiger partial charge in [-0.05, 0) is 39.2 Å². The van der Waals surface area contributed by atoms with Gasteiger partial charge < -0.3 is 19.1 Å². The molecular weight excluding hydrogens is 522 g/mol. The van der Waals surface area contributed by atoms with Gasteiger partial charge >= 0.3 is 18.0 Å². The Bertz CT molecular complexity index is 1110. The lowest BCUT2D eigenvalue weighted by Gasteiger charge is -2.38. The number of anilines is 1. The number of carbonyl (C=O) groups is 3. The van der Waals surface area contributed by atoms with Crippen LogP contribution in [0.3, 0.4) is 0 Å².